The Hall–Kier alpha value is -8.34. The van der Waals surface area contributed by atoms with Crippen molar-refractivity contribution in [3.63, 3.8) is 0 Å². The molecule has 2 atom stereocenters. The summed E-state index contributed by atoms with van der Waals surface area (Å²) in [6.45, 7) is 13.2. The molecule has 7 nitrogen and oxygen atoms in total. The van der Waals surface area contributed by atoms with E-state index >= 15 is 8.78 Å². The van der Waals surface area contributed by atoms with Crippen LogP contribution in [0.5, 0.6) is 0 Å². The molecule has 0 spiro atoms. The molecule has 4 aromatic heterocycles. The predicted molar refractivity (Wildman–Crippen MR) is 302 cm³/mol. The van der Waals surface area contributed by atoms with Gasteiger partial charge in [0.15, 0.2) is 11.3 Å². The summed E-state index contributed by atoms with van der Waals surface area (Å²) in [6.07, 6.45) is 0.116. The third-order valence-corrected chi connectivity index (χ3v) is 17.9. The van der Waals surface area contributed by atoms with Crippen LogP contribution in [0.4, 0.5) is 42.2 Å². The predicted octanol–water partition coefficient (Wildman–Crippen LogP) is 15.8. The van der Waals surface area contributed by atoms with E-state index in [1.165, 1.54) is 27.2 Å². The second kappa shape index (κ2) is 15.8. The molecule has 372 valence electrons. The summed E-state index contributed by atoms with van der Waals surface area (Å²) < 4.78 is 54.7. The molecule has 0 bridgehead atoms. The van der Waals surface area contributed by atoms with Gasteiger partial charge in [-0.3, -0.25) is 4.90 Å². The molecule has 0 saturated carbocycles. The number of benzene rings is 6. The molecule has 0 saturated heterocycles. The first-order valence-corrected chi connectivity index (χ1v) is 26.9. The molecule has 2 unspecified atom stereocenters. The number of halogens is 2. The minimum absolute atomic E-state index is 0.175. The maximum atomic E-state index is 18.7. The van der Waals surface area contributed by atoms with Crippen LogP contribution >= 0.6 is 11.3 Å². The lowest BCUT2D eigenvalue weighted by atomic mass is 9.74. The van der Waals surface area contributed by atoms with Crippen molar-refractivity contribution in [1.82, 2.24) is 9.14 Å². The summed E-state index contributed by atoms with van der Waals surface area (Å²) >= 11 is 1.59. The van der Waals surface area contributed by atoms with E-state index in [9.17, 15) is 0 Å². The third kappa shape index (κ3) is 6.25. The summed E-state index contributed by atoms with van der Waals surface area (Å²) in [5.74, 6) is 0.348. The molecule has 10 aromatic rings. The largest absolute Gasteiger partial charge is 0.457 e. The minimum atomic E-state index is -3.62. The van der Waals surface area contributed by atoms with Gasteiger partial charge in [0.2, 0.25) is 11.4 Å². The molecule has 0 N–H and O–H groups in total. The van der Waals surface area contributed by atoms with E-state index in [1.807, 2.05) is 68.4 Å². The lowest BCUT2D eigenvalue weighted by Gasteiger charge is -2.41. The molecule has 0 radical (unpaired) electrons. The average molecular weight is 1020 g/mol. The van der Waals surface area contributed by atoms with Crippen LogP contribution in [0.3, 0.4) is 0 Å². The van der Waals surface area contributed by atoms with Crippen LogP contribution < -0.4 is 25.3 Å². The Morgan fingerprint density at radius 1 is 0.632 bits per heavy atom. The van der Waals surface area contributed by atoms with Gasteiger partial charge in [-0.15, -0.1) is 11.3 Å². The lowest BCUT2D eigenvalue weighted by Crippen LogP contribution is -2.56. The number of thiophene rings is 1. The van der Waals surface area contributed by atoms with Crippen molar-refractivity contribution in [1.29, 1.82) is 0 Å². The van der Waals surface area contributed by atoms with Gasteiger partial charge in [-0.2, -0.15) is 13.4 Å². The Morgan fingerprint density at radius 3 is 1.88 bits per heavy atom. The fourth-order valence-corrected chi connectivity index (χ4v) is 14.0. The van der Waals surface area contributed by atoms with Crippen LogP contribution in [0.15, 0.2) is 196 Å². The number of aromatic nitrogens is 1. The molecule has 10 heteroatoms. The number of hydrogen-bond acceptors (Lipinski definition) is 6. The van der Waals surface area contributed by atoms with E-state index in [0.29, 0.717) is 40.2 Å². The summed E-state index contributed by atoms with van der Waals surface area (Å²) in [6, 6.07) is 58.2. The topological polar surface area (TPSA) is 53.1 Å². The first kappa shape index (κ1) is 45.1. The van der Waals surface area contributed by atoms with Gasteiger partial charge >= 0.3 is 6.17 Å². The molecule has 0 fully saturated rings. The fraction of sp³-hybridized carbons (Fsp3) is 0.182. The van der Waals surface area contributed by atoms with Crippen LogP contribution in [0.1, 0.15) is 84.7 Å². The highest BCUT2D eigenvalue weighted by Crippen LogP contribution is 2.57. The van der Waals surface area contributed by atoms with Gasteiger partial charge in [-0.1, -0.05) is 160 Å². The molecule has 0 amide bonds. The molecule has 1 aliphatic carbocycles. The summed E-state index contributed by atoms with van der Waals surface area (Å²) in [5, 5.41) is 1.00. The Labute approximate surface area is 443 Å². The van der Waals surface area contributed by atoms with Gasteiger partial charge in [0.1, 0.15) is 33.6 Å². The van der Waals surface area contributed by atoms with E-state index in [4.69, 9.17) is 13.8 Å². The maximum absolute atomic E-state index is 18.7. The fourth-order valence-electron chi connectivity index (χ4n) is 13.0. The van der Waals surface area contributed by atoms with Crippen molar-refractivity contribution in [3.05, 3.63) is 238 Å². The Balaban J connectivity index is 0.887. The molecule has 15 rings (SSSR count). The number of alkyl halides is 2. The van der Waals surface area contributed by atoms with Crippen LogP contribution in [0, 0.1) is 13.8 Å². The molecule has 5 aliphatic rings. The van der Waals surface area contributed by atoms with Crippen LogP contribution in [-0.2, 0) is 17.0 Å². The Bertz CT molecular complexity index is 4200. The second-order valence-corrected chi connectivity index (χ2v) is 23.1. The zero-order valence-electron chi connectivity index (χ0n) is 42.9. The molecule has 8 heterocycles. The Kier molecular flexibility index (Phi) is 9.40. The monoisotopic (exact) mass is 1020 g/mol. The third-order valence-electron chi connectivity index (χ3n) is 16.8. The highest BCUT2D eigenvalue weighted by Gasteiger charge is 2.58. The second-order valence-electron chi connectivity index (χ2n) is 22.0. The number of hydrogen-bond donors (Lipinski definition) is 0. The number of fused-ring (bicyclic) bond motifs is 10. The van der Waals surface area contributed by atoms with Crippen molar-refractivity contribution in [2.45, 2.75) is 77.0 Å². The summed E-state index contributed by atoms with van der Waals surface area (Å²) in [5.41, 5.74) is 17.0. The summed E-state index contributed by atoms with van der Waals surface area (Å²) in [7, 11) is 0. The minimum Gasteiger partial charge on any atom is -0.457 e. The maximum Gasteiger partial charge on any atom is 0.421 e. The zero-order chi connectivity index (χ0) is 51.6. The molecule has 6 aromatic carbocycles. The first-order valence-electron chi connectivity index (χ1n) is 26.1. The molecular weight excluding hydrogens is 965 g/mol. The van der Waals surface area contributed by atoms with Crippen LogP contribution in [0.25, 0.3) is 38.4 Å². The van der Waals surface area contributed by atoms with E-state index in [1.54, 1.807) is 23.5 Å². The van der Waals surface area contributed by atoms with Gasteiger partial charge in [0.25, 0.3) is 0 Å². The van der Waals surface area contributed by atoms with Gasteiger partial charge in [0.05, 0.1) is 45.4 Å². The lowest BCUT2D eigenvalue weighted by molar-refractivity contribution is -0.0940. The smallest absolute Gasteiger partial charge is 0.421 e. The average Bonchev–Trinajstić information content (AvgIpc) is 4.45. The first-order chi connectivity index (χ1) is 36.8. The van der Waals surface area contributed by atoms with Gasteiger partial charge in [0, 0.05) is 57.9 Å². The highest BCUT2D eigenvalue weighted by molar-refractivity contribution is 7.19. The van der Waals surface area contributed by atoms with E-state index < -0.39 is 18.3 Å². The quantitative estimate of drug-likeness (QED) is 0.130. The van der Waals surface area contributed by atoms with Crippen molar-refractivity contribution in [3.8, 4) is 21.8 Å². The van der Waals surface area contributed by atoms with Gasteiger partial charge in [-0.25, -0.2) is 9.56 Å². The standard InChI is InChI=1S/C66H52F2N5O2S/c1-38-23-27-40(28-24-38)58-60-52(36-54(74-60)42-31-32-43(35-42)70-48-19-11-7-15-44(48)64(3,4)45-16-8-12-20-49(45)70)72-62(58)69-63-59(41-29-25-39(2)26-30-41)61-53(73(63)66(72,67)68)37-55(75-61)56-33-34-57(76-56)71-50-21-13-9-17-46(50)65(5,6)47-18-10-14-22-51(47)71/h7-34,36-37,59,63H,35H2,1-6H3/q+1. The van der Waals surface area contributed by atoms with Crippen LogP contribution in [-0.4, -0.2) is 16.4 Å². The zero-order valence-corrected chi connectivity index (χ0v) is 43.7. The van der Waals surface area contributed by atoms with Crippen molar-refractivity contribution < 1.29 is 17.6 Å². The number of aryl methyl sites for hydroxylation is 2. The number of para-hydroxylation sites is 4. The molecule has 76 heavy (non-hydrogen) atoms. The number of anilines is 4. The molecular formula is C66H52F2N5O2S+. The van der Waals surface area contributed by atoms with E-state index in [2.05, 4.69) is 152 Å². The SMILES string of the molecule is Cc1ccc(-c2c3n(c4cc(=C5C=CC(=[N+]6c7ccccc7C(C)(C)c7ccccc76)C5)oc24)C(F)(F)N2c4cc(-c5ccc(N6c7ccccc7C(C)(C)c7ccccc76)s5)oc4C(c4ccc(C)cc4)C2N=3)cc1. The summed E-state index contributed by atoms with van der Waals surface area (Å²) in [4.78, 5) is 9.75. The van der Waals surface area contributed by atoms with E-state index in [0.717, 1.165) is 70.7 Å². The van der Waals surface area contributed by atoms with E-state index in [-0.39, 0.29) is 21.8 Å². The number of nitrogens with zero attached hydrogens (tertiary/aromatic N) is 5. The number of allylic oxidation sites excluding steroid dienone is 2. The molecule has 4 aliphatic heterocycles. The number of rotatable bonds is 4. The van der Waals surface area contributed by atoms with Crippen LogP contribution in [0.2, 0.25) is 0 Å². The van der Waals surface area contributed by atoms with Crippen molar-refractivity contribution in [2.24, 2.45) is 4.99 Å². The van der Waals surface area contributed by atoms with Crippen molar-refractivity contribution >= 4 is 67.2 Å². The Morgan fingerprint density at radius 2 is 1.22 bits per heavy atom. The van der Waals surface area contributed by atoms with Gasteiger partial charge < -0.3 is 13.7 Å². The normalized spacial score (nSPS) is 19.7. The van der Waals surface area contributed by atoms with Gasteiger partial charge in [-0.05, 0) is 66.4 Å². The number of furan rings is 2. The highest BCUT2D eigenvalue weighted by atomic mass is 32.1. The van der Waals surface area contributed by atoms with Crippen molar-refractivity contribution in [2.75, 3.05) is 9.80 Å².